The van der Waals surface area contributed by atoms with E-state index >= 15 is 0 Å². The number of hydrogen-bond donors (Lipinski definition) is 3. The van der Waals surface area contributed by atoms with Crippen LogP contribution in [0.3, 0.4) is 0 Å². The van der Waals surface area contributed by atoms with Crippen molar-refractivity contribution >= 4 is 36.2 Å². The molecule has 312 valence electrons. The number of hydrogen-bond acceptors (Lipinski definition) is 9. The van der Waals surface area contributed by atoms with Crippen LogP contribution >= 0.6 is 0 Å². The fourth-order valence-electron chi connectivity index (χ4n) is 5.13. The fourth-order valence-corrected chi connectivity index (χ4v) is 5.13. The highest BCUT2D eigenvalue weighted by atomic mass is 16.6. The topological polar surface area (TPSA) is 187 Å². The number of rotatable bonds is 17. The van der Waals surface area contributed by atoms with Crippen molar-refractivity contribution in [2.45, 2.75) is 91.5 Å². The lowest BCUT2D eigenvalue weighted by atomic mass is 9.95. The van der Waals surface area contributed by atoms with Gasteiger partial charge in [-0.25, -0.2) is 39.2 Å². The van der Waals surface area contributed by atoms with E-state index in [0.717, 1.165) is 31.7 Å². The molecule has 2 aromatic carbocycles. The standard InChI is InChI=1S/C41H58N6O10/c1-10-22-44(46(28-34(48)49)38(53)56-40(4,5)6)37(52)43-27-32-20-15-21-33(25-32)30(3)17-16-24-55-35(50)29-47(39(54)57-41(7,8)9)45(23-11-2)36(51)42-26-31-18-13-12-14-19-31/h10-15,18-21,25,30H,1-2,16-17,22-24,26-29H2,3-9H3,(H,42,51)(H,43,52)(H,48,49)/t30-/m0/s1. The van der Waals surface area contributed by atoms with Crippen molar-refractivity contribution < 1.29 is 48.1 Å². The van der Waals surface area contributed by atoms with Crippen LogP contribution < -0.4 is 10.6 Å². The summed E-state index contributed by atoms with van der Waals surface area (Å²) in [5.41, 5.74) is 0.708. The van der Waals surface area contributed by atoms with Gasteiger partial charge in [-0.3, -0.25) is 9.59 Å². The van der Waals surface area contributed by atoms with Gasteiger partial charge in [0, 0.05) is 13.1 Å². The number of nitrogens with one attached hydrogen (secondary N) is 2. The Kier molecular flexibility index (Phi) is 18.6. The van der Waals surface area contributed by atoms with Crippen molar-refractivity contribution in [1.82, 2.24) is 30.7 Å². The molecule has 0 aliphatic carbocycles. The van der Waals surface area contributed by atoms with Gasteiger partial charge in [0.25, 0.3) is 0 Å². The number of aliphatic carboxylic acids is 1. The highest BCUT2D eigenvalue weighted by Gasteiger charge is 2.33. The van der Waals surface area contributed by atoms with E-state index in [1.165, 1.54) is 12.2 Å². The second-order valence-electron chi connectivity index (χ2n) is 15.0. The third kappa shape index (κ3) is 17.5. The summed E-state index contributed by atoms with van der Waals surface area (Å²) < 4.78 is 16.3. The van der Waals surface area contributed by atoms with Crippen molar-refractivity contribution in [2.24, 2.45) is 0 Å². The summed E-state index contributed by atoms with van der Waals surface area (Å²) >= 11 is 0. The fraction of sp³-hybridized carbons (Fsp3) is 0.463. The SMILES string of the molecule is C=CCN(C(=O)NCc1cccc([C@@H](C)CCCOC(=O)CN(C(=O)OC(C)(C)C)N(CC=C)C(=O)NCc2ccccc2)c1)N(CC(=O)O)C(=O)OC(C)(C)C. The number of nitrogens with zero attached hydrogens (tertiary/aromatic N) is 4. The van der Waals surface area contributed by atoms with E-state index in [9.17, 15) is 33.9 Å². The van der Waals surface area contributed by atoms with E-state index < -0.39 is 60.5 Å². The van der Waals surface area contributed by atoms with Gasteiger partial charge in [0.2, 0.25) is 0 Å². The number of carboxylic acids is 1. The number of urea groups is 2. The first-order chi connectivity index (χ1) is 26.7. The molecule has 0 radical (unpaired) electrons. The minimum absolute atomic E-state index is 0.0181. The molecule has 0 fully saturated rings. The van der Waals surface area contributed by atoms with Crippen molar-refractivity contribution in [1.29, 1.82) is 0 Å². The molecule has 0 aliphatic rings. The van der Waals surface area contributed by atoms with Crippen LogP contribution in [0, 0.1) is 0 Å². The summed E-state index contributed by atoms with van der Waals surface area (Å²) in [6.07, 6.45) is 1.98. The molecule has 16 heteroatoms. The van der Waals surface area contributed by atoms with E-state index in [0.29, 0.717) is 17.9 Å². The third-order valence-electron chi connectivity index (χ3n) is 7.72. The van der Waals surface area contributed by atoms with Gasteiger partial charge in [0.15, 0.2) is 0 Å². The maximum Gasteiger partial charge on any atom is 0.430 e. The van der Waals surface area contributed by atoms with Crippen LogP contribution in [-0.4, -0.2) is 105 Å². The Morgan fingerprint density at radius 1 is 0.719 bits per heavy atom. The van der Waals surface area contributed by atoms with Crippen LogP contribution in [0.4, 0.5) is 19.2 Å². The van der Waals surface area contributed by atoms with Gasteiger partial charge in [-0.15, -0.1) is 13.2 Å². The summed E-state index contributed by atoms with van der Waals surface area (Å²) in [5, 5.41) is 18.5. The van der Waals surface area contributed by atoms with Gasteiger partial charge >= 0.3 is 36.2 Å². The number of hydrazine groups is 2. The average Bonchev–Trinajstić information content (AvgIpc) is 3.13. The predicted octanol–water partition coefficient (Wildman–Crippen LogP) is 6.60. The Balaban J connectivity index is 2.03. The lowest BCUT2D eigenvalue weighted by Crippen LogP contribution is -2.56. The molecule has 0 heterocycles. The van der Waals surface area contributed by atoms with Crippen LogP contribution in [0.2, 0.25) is 0 Å². The average molecular weight is 795 g/mol. The molecule has 0 aliphatic heterocycles. The summed E-state index contributed by atoms with van der Waals surface area (Å²) in [6, 6.07) is 15.3. The van der Waals surface area contributed by atoms with Gasteiger partial charge in [-0.1, -0.05) is 73.7 Å². The van der Waals surface area contributed by atoms with Crippen LogP contribution in [0.5, 0.6) is 0 Å². The van der Waals surface area contributed by atoms with Gasteiger partial charge in [0.05, 0.1) is 19.7 Å². The summed E-state index contributed by atoms with van der Waals surface area (Å²) in [7, 11) is 0. The van der Waals surface area contributed by atoms with Gasteiger partial charge < -0.3 is 30.0 Å². The first-order valence-electron chi connectivity index (χ1n) is 18.6. The number of carboxylic acid groups (broad SMARTS) is 1. The predicted molar refractivity (Wildman–Crippen MR) is 213 cm³/mol. The second kappa shape index (κ2) is 22.5. The molecule has 1 atom stereocenters. The number of benzene rings is 2. The maximum absolute atomic E-state index is 13.3. The zero-order chi connectivity index (χ0) is 42.8. The zero-order valence-electron chi connectivity index (χ0n) is 34.1. The molecule has 0 bridgehead atoms. The van der Waals surface area contributed by atoms with Crippen LogP contribution in [0.25, 0.3) is 0 Å². The monoisotopic (exact) mass is 794 g/mol. The van der Waals surface area contributed by atoms with Crippen molar-refractivity contribution in [3.8, 4) is 0 Å². The van der Waals surface area contributed by atoms with E-state index in [4.69, 9.17) is 14.2 Å². The van der Waals surface area contributed by atoms with E-state index in [1.807, 2.05) is 61.5 Å². The van der Waals surface area contributed by atoms with Gasteiger partial charge in [-0.2, -0.15) is 0 Å². The Morgan fingerprint density at radius 2 is 1.21 bits per heavy atom. The minimum Gasteiger partial charge on any atom is -0.480 e. The molecule has 6 amide bonds. The number of carbonyl (C=O) groups is 6. The Hall–Kier alpha value is -6.06. The molecule has 0 unspecified atom stereocenters. The molecule has 0 spiro atoms. The summed E-state index contributed by atoms with van der Waals surface area (Å²) in [4.78, 5) is 77.2. The number of amides is 6. The lowest BCUT2D eigenvalue weighted by molar-refractivity contribution is -0.148. The van der Waals surface area contributed by atoms with E-state index in [-0.39, 0.29) is 38.7 Å². The van der Waals surface area contributed by atoms with Crippen molar-refractivity contribution in [3.63, 3.8) is 0 Å². The molecule has 2 rings (SSSR count). The van der Waals surface area contributed by atoms with E-state index in [2.05, 4.69) is 23.8 Å². The summed E-state index contributed by atoms with van der Waals surface area (Å²) in [5.74, 6) is -2.06. The van der Waals surface area contributed by atoms with Gasteiger partial charge in [-0.05, 0) is 77.0 Å². The normalized spacial score (nSPS) is 11.6. The zero-order valence-corrected chi connectivity index (χ0v) is 34.1. The van der Waals surface area contributed by atoms with Crippen molar-refractivity contribution in [3.05, 3.63) is 96.6 Å². The van der Waals surface area contributed by atoms with Crippen LogP contribution in [-0.2, 0) is 36.9 Å². The highest BCUT2D eigenvalue weighted by molar-refractivity contribution is 5.83. The number of esters is 1. The molecule has 2 aromatic rings. The van der Waals surface area contributed by atoms with E-state index in [1.54, 1.807) is 41.5 Å². The number of carbonyl (C=O) groups excluding carboxylic acids is 5. The molecule has 16 nitrogen and oxygen atoms in total. The lowest BCUT2D eigenvalue weighted by Gasteiger charge is -2.34. The Labute approximate surface area is 335 Å². The number of ether oxygens (including phenoxy) is 3. The first kappa shape index (κ1) is 47.1. The maximum atomic E-state index is 13.3. The van der Waals surface area contributed by atoms with Crippen LogP contribution in [0.15, 0.2) is 79.9 Å². The minimum atomic E-state index is -1.34. The van der Waals surface area contributed by atoms with Crippen molar-refractivity contribution in [2.75, 3.05) is 32.8 Å². The molecule has 57 heavy (non-hydrogen) atoms. The second-order valence-corrected chi connectivity index (χ2v) is 15.0. The quantitative estimate of drug-likeness (QED) is 0.0518. The molecule has 3 N–H and O–H groups in total. The smallest absolute Gasteiger partial charge is 0.430 e. The van der Waals surface area contributed by atoms with Gasteiger partial charge in [0.1, 0.15) is 24.3 Å². The summed E-state index contributed by atoms with van der Waals surface area (Å²) in [6.45, 7) is 17.9. The molecule has 0 saturated heterocycles. The first-order valence-corrected chi connectivity index (χ1v) is 18.6. The third-order valence-corrected chi connectivity index (χ3v) is 7.72. The molecule has 0 saturated carbocycles. The molecular formula is C41H58N6O10. The molecule has 0 aromatic heterocycles. The Morgan fingerprint density at radius 3 is 1.70 bits per heavy atom. The highest BCUT2D eigenvalue weighted by Crippen LogP contribution is 2.22. The Bertz CT molecular complexity index is 1690. The largest absolute Gasteiger partial charge is 0.480 e. The van der Waals surface area contributed by atoms with Crippen LogP contribution in [0.1, 0.15) is 83.9 Å². The molecular weight excluding hydrogens is 736 g/mol.